The molecule has 3 nitrogen and oxygen atoms in total. The Labute approximate surface area is 88.0 Å². The van der Waals surface area contributed by atoms with E-state index in [4.69, 9.17) is 5.11 Å². The molecular weight excluding hydrogens is 234 g/mol. The number of amides is 1. The molecule has 4 heteroatoms. The lowest BCUT2D eigenvalue weighted by Crippen LogP contribution is -2.39. The van der Waals surface area contributed by atoms with Crippen molar-refractivity contribution >= 4 is 21.8 Å². The fourth-order valence-electron chi connectivity index (χ4n) is 1.01. The standard InChI is InChI=1S/C9H18BrNO2/c1-3-7(5-6-12)11-9(13)8(10)4-2/h7-8,12H,3-6H2,1-2H3,(H,11,13). The lowest BCUT2D eigenvalue weighted by atomic mass is 10.1. The molecule has 0 fully saturated rings. The lowest BCUT2D eigenvalue weighted by Gasteiger charge is -2.17. The number of carbonyl (C=O) groups is 1. The minimum Gasteiger partial charge on any atom is -0.396 e. The highest BCUT2D eigenvalue weighted by atomic mass is 79.9. The summed E-state index contributed by atoms with van der Waals surface area (Å²) in [7, 11) is 0. The van der Waals surface area contributed by atoms with Crippen molar-refractivity contribution in [1.29, 1.82) is 0 Å². The maximum absolute atomic E-state index is 11.4. The molecule has 2 N–H and O–H groups in total. The van der Waals surface area contributed by atoms with Crippen LogP contribution in [0.15, 0.2) is 0 Å². The van der Waals surface area contributed by atoms with Gasteiger partial charge >= 0.3 is 0 Å². The van der Waals surface area contributed by atoms with E-state index in [-0.39, 0.29) is 23.4 Å². The van der Waals surface area contributed by atoms with E-state index in [9.17, 15) is 4.79 Å². The summed E-state index contributed by atoms with van der Waals surface area (Å²) in [5.41, 5.74) is 0. The van der Waals surface area contributed by atoms with Crippen LogP contribution in [0.1, 0.15) is 33.1 Å². The summed E-state index contributed by atoms with van der Waals surface area (Å²) in [5.74, 6) is 0.0165. The zero-order chi connectivity index (χ0) is 10.3. The van der Waals surface area contributed by atoms with Gasteiger partial charge in [-0.05, 0) is 19.3 Å². The maximum atomic E-state index is 11.4. The van der Waals surface area contributed by atoms with E-state index in [1.807, 2.05) is 13.8 Å². The van der Waals surface area contributed by atoms with Crippen molar-refractivity contribution in [2.45, 2.75) is 44.0 Å². The minimum atomic E-state index is -0.111. The summed E-state index contributed by atoms with van der Waals surface area (Å²) in [4.78, 5) is 11.3. The zero-order valence-corrected chi connectivity index (χ0v) is 9.80. The van der Waals surface area contributed by atoms with E-state index in [1.165, 1.54) is 0 Å². The molecule has 0 aromatic heterocycles. The number of carbonyl (C=O) groups excluding carboxylic acids is 1. The van der Waals surface area contributed by atoms with Crippen LogP contribution in [0, 0.1) is 0 Å². The molecule has 0 radical (unpaired) electrons. The van der Waals surface area contributed by atoms with Crippen molar-refractivity contribution in [2.24, 2.45) is 0 Å². The first-order valence-corrected chi connectivity index (χ1v) is 5.62. The highest BCUT2D eigenvalue weighted by molar-refractivity contribution is 9.10. The van der Waals surface area contributed by atoms with Crippen molar-refractivity contribution in [3.05, 3.63) is 0 Å². The van der Waals surface area contributed by atoms with Crippen LogP contribution in [0.3, 0.4) is 0 Å². The molecule has 1 amide bonds. The van der Waals surface area contributed by atoms with Gasteiger partial charge in [-0.2, -0.15) is 0 Å². The van der Waals surface area contributed by atoms with Gasteiger partial charge in [0.05, 0.1) is 4.83 Å². The normalized spacial score (nSPS) is 15.1. The molecule has 0 saturated heterocycles. The van der Waals surface area contributed by atoms with Crippen LogP contribution >= 0.6 is 15.9 Å². The van der Waals surface area contributed by atoms with Gasteiger partial charge in [-0.3, -0.25) is 4.79 Å². The number of rotatable bonds is 6. The van der Waals surface area contributed by atoms with Crippen LogP contribution in [-0.4, -0.2) is 28.5 Å². The third-order valence-corrected chi connectivity index (χ3v) is 3.02. The average Bonchev–Trinajstić information content (AvgIpc) is 2.15. The van der Waals surface area contributed by atoms with Gasteiger partial charge in [0, 0.05) is 12.6 Å². The Morgan fingerprint density at radius 1 is 1.46 bits per heavy atom. The Morgan fingerprint density at radius 3 is 2.46 bits per heavy atom. The highest BCUT2D eigenvalue weighted by Gasteiger charge is 2.15. The summed E-state index contributed by atoms with van der Waals surface area (Å²) in [6, 6.07) is 0.101. The first-order chi connectivity index (χ1) is 6.15. The van der Waals surface area contributed by atoms with Crippen molar-refractivity contribution in [3.8, 4) is 0 Å². The van der Waals surface area contributed by atoms with E-state index < -0.39 is 0 Å². The molecule has 0 aliphatic carbocycles. The van der Waals surface area contributed by atoms with Crippen LogP contribution < -0.4 is 5.32 Å². The second-order valence-electron chi connectivity index (χ2n) is 3.00. The molecule has 13 heavy (non-hydrogen) atoms. The van der Waals surface area contributed by atoms with E-state index in [0.717, 1.165) is 12.8 Å². The summed E-state index contributed by atoms with van der Waals surface area (Å²) < 4.78 is 0. The number of aliphatic hydroxyl groups is 1. The lowest BCUT2D eigenvalue weighted by molar-refractivity contribution is -0.121. The van der Waals surface area contributed by atoms with Gasteiger partial charge in [-0.25, -0.2) is 0 Å². The minimum absolute atomic E-state index is 0.0165. The molecule has 0 aliphatic rings. The second kappa shape index (κ2) is 7.33. The zero-order valence-electron chi connectivity index (χ0n) is 8.22. The van der Waals surface area contributed by atoms with Crippen molar-refractivity contribution in [3.63, 3.8) is 0 Å². The van der Waals surface area contributed by atoms with Crippen LogP contribution in [0.4, 0.5) is 0 Å². The molecule has 0 aliphatic heterocycles. The third-order valence-electron chi connectivity index (χ3n) is 1.96. The van der Waals surface area contributed by atoms with E-state index in [2.05, 4.69) is 21.2 Å². The molecule has 0 aromatic carbocycles. The topological polar surface area (TPSA) is 49.3 Å². The first-order valence-electron chi connectivity index (χ1n) is 4.70. The van der Waals surface area contributed by atoms with Gasteiger partial charge in [0.1, 0.15) is 0 Å². The molecule has 2 unspecified atom stereocenters. The van der Waals surface area contributed by atoms with E-state index in [0.29, 0.717) is 6.42 Å². The average molecular weight is 252 g/mol. The van der Waals surface area contributed by atoms with Gasteiger partial charge in [0.15, 0.2) is 0 Å². The van der Waals surface area contributed by atoms with Crippen molar-refractivity contribution in [1.82, 2.24) is 5.32 Å². The van der Waals surface area contributed by atoms with Crippen molar-refractivity contribution < 1.29 is 9.90 Å². The van der Waals surface area contributed by atoms with Gasteiger partial charge in [-0.15, -0.1) is 0 Å². The summed E-state index contributed by atoms with van der Waals surface area (Å²) in [5, 5.41) is 11.6. The van der Waals surface area contributed by atoms with Gasteiger partial charge < -0.3 is 10.4 Å². The maximum Gasteiger partial charge on any atom is 0.233 e. The monoisotopic (exact) mass is 251 g/mol. The molecule has 0 bridgehead atoms. The molecule has 2 atom stereocenters. The molecule has 0 saturated carbocycles. The summed E-state index contributed by atoms with van der Waals surface area (Å²) in [6.45, 7) is 4.07. The fraction of sp³-hybridized carbons (Fsp3) is 0.889. The molecule has 0 rings (SSSR count). The smallest absolute Gasteiger partial charge is 0.233 e. The quantitative estimate of drug-likeness (QED) is 0.703. The predicted molar refractivity (Wildman–Crippen MR) is 56.9 cm³/mol. The van der Waals surface area contributed by atoms with E-state index in [1.54, 1.807) is 0 Å². The van der Waals surface area contributed by atoms with Crippen LogP contribution in [0.25, 0.3) is 0 Å². The number of hydrogen-bond donors (Lipinski definition) is 2. The Kier molecular flexibility index (Phi) is 7.28. The van der Waals surface area contributed by atoms with Gasteiger partial charge in [0.2, 0.25) is 5.91 Å². The Bertz CT molecular complexity index is 153. The van der Waals surface area contributed by atoms with Crippen LogP contribution in [0.5, 0.6) is 0 Å². The Hall–Kier alpha value is -0.0900. The third kappa shape index (κ3) is 5.26. The summed E-state index contributed by atoms with van der Waals surface area (Å²) in [6.07, 6.45) is 2.27. The summed E-state index contributed by atoms with van der Waals surface area (Å²) >= 11 is 3.28. The number of halogens is 1. The van der Waals surface area contributed by atoms with Gasteiger partial charge in [-0.1, -0.05) is 29.8 Å². The van der Waals surface area contributed by atoms with Crippen molar-refractivity contribution in [2.75, 3.05) is 6.61 Å². The highest BCUT2D eigenvalue weighted by Crippen LogP contribution is 2.06. The first kappa shape index (κ1) is 12.9. The van der Waals surface area contributed by atoms with E-state index >= 15 is 0 Å². The number of aliphatic hydroxyl groups excluding tert-OH is 1. The second-order valence-corrected chi connectivity index (χ2v) is 4.11. The molecule has 78 valence electrons. The molecule has 0 heterocycles. The Balaban J connectivity index is 3.85. The van der Waals surface area contributed by atoms with Crippen LogP contribution in [-0.2, 0) is 4.79 Å². The SMILES string of the molecule is CCC(CCO)NC(=O)C(Br)CC. The molecule has 0 spiro atoms. The largest absolute Gasteiger partial charge is 0.396 e. The Morgan fingerprint density at radius 2 is 2.08 bits per heavy atom. The number of nitrogens with one attached hydrogen (secondary N) is 1. The predicted octanol–water partition coefficient (Wildman–Crippen LogP) is 1.44. The molecule has 0 aromatic rings. The van der Waals surface area contributed by atoms with Crippen LogP contribution in [0.2, 0.25) is 0 Å². The number of alkyl halides is 1. The van der Waals surface area contributed by atoms with Gasteiger partial charge in [0.25, 0.3) is 0 Å². The molecular formula is C9H18BrNO2. The fourth-order valence-corrected chi connectivity index (χ4v) is 1.14. The number of hydrogen-bond acceptors (Lipinski definition) is 2.